The highest BCUT2D eigenvalue weighted by molar-refractivity contribution is 5.91. The van der Waals surface area contributed by atoms with Gasteiger partial charge in [0.2, 0.25) is 0 Å². The standard InChI is InChI=1S/C33H36N2O4/c1-33(2,26-9-5-4-6-10-26)27-12-14-28(15-13-27)38-24-30-16-17-31(39-30)32(36)35-20-18-34(19-21-35)23-25-8-7-11-29(22-25)37-3/h4-17,22H,18-21,23-24H2,1-3H3. The Bertz CT molecular complexity index is 1370. The zero-order valence-corrected chi connectivity index (χ0v) is 22.9. The van der Waals surface area contributed by atoms with E-state index in [2.05, 4.69) is 67.3 Å². The van der Waals surface area contributed by atoms with Gasteiger partial charge in [0.15, 0.2) is 5.76 Å². The van der Waals surface area contributed by atoms with Crippen LogP contribution in [-0.4, -0.2) is 49.0 Å². The molecule has 2 heterocycles. The van der Waals surface area contributed by atoms with Gasteiger partial charge in [-0.2, -0.15) is 0 Å². The topological polar surface area (TPSA) is 55.2 Å². The third-order valence-corrected chi connectivity index (χ3v) is 7.52. The molecule has 4 aromatic rings. The predicted molar refractivity (Wildman–Crippen MR) is 152 cm³/mol. The molecule has 1 aliphatic heterocycles. The summed E-state index contributed by atoms with van der Waals surface area (Å²) in [6, 6.07) is 30.4. The van der Waals surface area contributed by atoms with Crippen molar-refractivity contribution in [2.75, 3.05) is 33.3 Å². The van der Waals surface area contributed by atoms with Gasteiger partial charge in [-0.05, 0) is 53.1 Å². The summed E-state index contributed by atoms with van der Waals surface area (Å²) in [4.78, 5) is 17.3. The van der Waals surface area contributed by atoms with Gasteiger partial charge in [0.1, 0.15) is 23.9 Å². The van der Waals surface area contributed by atoms with Crippen LogP contribution in [0.4, 0.5) is 0 Å². The fourth-order valence-electron chi connectivity index (χ4n) is 5.01. The number of furan rings is 1. The molecular weight excluding hydrogens is 488 g/mol. The van der Waals surface area contributed by atoms with Gasteiger partial charge in [-0.15, -0.1) is 0 Å². The fraction of sp³-hybridized carbons (Fsp3) is 0.303. The molecule has 1 aromatic heterocycles. The van der Waals surface area contributed by atoms with Crippen LogP contribution < -0.4 is 9.47 Å². The van der Waals surface area contributed by atoms with Crippen molar-refractivity contribution in [1.82, 2.24) is 9.80 Å². The minimum Gasteiger partial charge on any atom is -0.497 e. The maximum absolute atomic E-state index is 13.0. The third kappa shape index (κ3) is 6.35. The number of nitrogens with zero attached hydrogens (tertiary/aromatic N) is 2. The lowest BCUT2D eigenvalue weighted by Gasteiger charge is -2.34. The van der Waals surface area contributed by atoms with Crippen molar-refractivity contribution in [1.29, 1.82) is 0 Å². The number of piperazine rings is 1. The first-order valence-electron chi connectivity index (χ1n) is 13.4. The van der Waals surface area contributed by atoms with Gasteiger partial charge in [0, 0.05) is 38.1 Å². The lowest BCUT2D eigenvalue weighted by molar-refractivity contribution is 0.0594. The highest BCUT2D eigenvalue weighted by Gasteiger charge is 2.25. The normalized spacial score (nSPS) is 14.3. The van der Waals surface area contributed by atoms with Crippen molar-refractivity contribution in [3.8, 4) is 11.5 Å². The number of carbonyl (C=O) groups excluding carboxylic acids is 1. The average molecular weight is 525 g/mol. The van der Waals surface area contributed by atoms with E-state index in [0.29, 0.717) is 24.6 Å². The number of rotatable bonds is 9. The Labute approximate surface area is 230 Å². The van der Waals surface area contributed by atoms with E-state index < -0.39 is 0 Å². The monoisotopic (exact) mass is 524 g/mol. The van der Waals surface area contributed by atoms with Crippen molar-refractivity contribution < 1.29 is 18.7 Å². The Morgan fingerprint density at radius 2 is 1.54 bits per heavy atom. The van der Waals surface area contributed by atoms with Crippen molar-refractivity contribution in [3.05, 3.63) is 119 Å². The number of ether oxygens (including phenoxy) is 2. The molecule has 1 saturated heterocycles. The first kappa shape index (κ1) is 26.6. The summed E-state index contributed by atoms with van der Waals surface area (Å²) in [6.45, 7) is 8.52. The second-order valence-corrected chi connectivity index (χ2v) is 10.5. The smallest absolute Gasteiger partial charge is 0.289 e. The Hall–Kier alpha value is -4.03. The molecule has 1 aliphatic rings. The van der Waals surface area contributed by atoms with Crippen LogP contribution in [0.1, 0.15) is 46.9 Å². The van der Waals surface area contributed by atoms with Crippen molar-refractivity contribution in [3.63, 3.8) is 0 Å². The highest BCUT2D eigenvalue weighted by atomic mass is 16.5. The van der Waals surface area contributed by atoms with E-state index in [4.69, 9.17) is 13.9 Å². The second kappa shape index (κ2) is 11.8. The summed E-state index contributed by atoms with van der Waals surface area (Å²) in [5.74, 6) is 2.54. The molecule has 1 fully saturated rings. The van der Waals surface area contributed by atoms with Crippen LogP contribution in [0.25, 0.3) is 0 Å². The number of methoxy groups -OCH3 is 1. The van der Waals surface area contributed by atoms with Crippen molar-refractivity contribution >= 4 is 5.91 Å². The summed E-state index contributed by atoms with van der Waals surface area (Å²) >= 11 is 0. The molecule has 0 spiro atoms. The minimum absolute atomic E-state index is 0.0743. The van der Waals surface area contributed by atoms with Crippen LogP contribution in [0.5, 0.6) is 11.5 Å². The molecule has 0 bridgehead atoms. The molecule has 39 heavy (non-hydrogen) atoms. The lowest BCUT2D eigenvalue weighted by atomic mass is 9.78. The fourth-order valence-corrected chi connectivity index (χ4v) is 5.01. The Balaban J connectivity index is 1.11. The molecule has 0 atom stereocenters. The van der Waals surface area contributed by atoms with Gasteiger partial charge in [0.05, 0.1) is 7.11 Å². The molecule has 1 amide bonds. The molecule has 0 radical (unpaired) electrons. The van der Waals surface area contributed by atoms with Gasteiger partial charge >= 0.3 is 0 Å². The van der Waals surface area contributed by atoms with Crippen molar-refractivity contribution in [2.24, 2.45) is 0 Å². The molecule has 0 unspecified atom stereocenters. The van der Waals surface area contributed by atoms with E-state index in [1.54, 1.807) is 13.2 Å². The quantitative estimate of drug-likeness (QED) is 0.263. The molecule has 0 aliphatic carbocycles. The lowest BCUT2D eigenvalue weighted by Crippen LogP contribution is -2.48. The van der Waals surface area contributed by atoms with Gasteiger partial charge in [0.25, 0.3) is 5.91 Å². The number of benzene rings is 3. The van der Waals surface area contributed by atoms with Gasteiger partial charge in [-0.25, -0.2) is 0 Å². The molecule has 0 saturated carbocycles. The first-order valence-corrected chi connectivity index (χ1v) is 13.4. The van der Waals surface area contributed by atoms with E-state index in [1.807, 2.05) is 41.3 Å². The molecule has 6 heteroatoms. The Morgan fingerprint density at radius 3 is 2.26 bits per heavy atom. The largest absolute Gasteiger partial charge is 0.497 e. The van der Waals surface area contributed by atoms with Crippen LogP contribution in [0.2, 0.25) is 0 Å². The maximum Gasteiger partial charge on any atom is 0.289 e. The van der Waals surface area contributed by atoms with Crippen LogP contribution in [-0.2, 0) is 18.6 Å². The highest BCUT2D eigenvalue weighted by Crippen LogP contribution is 2.32. The van der Waals surface area contributed by atoms with Gasteiger partial charge in [-0.1, -0.05) is 68.4 Å². The summed E-state index contributed by atoms with van der Waals surface area (Å²) in [7, 11) is 1.68. The number of amides is 1. The zero-order chi connectivity index (χ0) is 27.2. The van der Waals surface area contributed by atoms with Crippen molar-refractivity contribution in [2.45, 2.75) is 32.4 Å². The summed E-state index contributed by atoms with van der Waals surface area (Å²) < 4.78 is 17.1. The second-order valence-electron chi connectivity index (χ2n) is 10.5. The number of carbonyl (C=O) groups is 1. The third-order valence-electron chi connectivity index (χ3n) is 7.52. The number of hydrogen-bond acceptors (Lipinski definition) is 5. The van der Waals surface area contributed by atoms with Crippen LogP contribution in [0.15, 0.2) is 95.4 Å². The molecular formula is C33H36N2O4. The Morgan fingerprint density at radius 1 is 0.821 bits per heavy atom. The summed E-state index contributed by atoms with van der Waals surface area (Å²) in [5.41, 5.74) is 3.59. The van der Waals surface area contributed by atoms with Crippen LogP contribution in [0.3, 0.4) is 0 Å². The average Bonchev–Trinajstić information content (AvgIpc) is 3.46. The zero-order valence-electron chi connectivity index (χ0n) is 22.9. The van der Waals surface area contributed by atoms with E-state index in [9.17, 15) is 4.79 Å². The maximum atomic E-state index is 13.0. The van der Waals surface area contributed by atoms with E-state index >= 15 is 0 Å². The summed E-state index contributed by atoms with van der Waals surface area (Å²) in [5, 5.41) is 0. The SMILES string of the molecule is COc1cccc(CN2CCN(C(=O)c3ccc(COc4ccc(C(C)(C)c5ccccc5)cc4)o3)CC2)c1. The van der Waals surface area contributed by atoms with Gasteiger partial charge in [-0.3, -0.25) is 9.69 Å². The van der Waals surface area contributed by atoms with Crippen LogP contribution in [0, 0.1) is 0 Å². The number of hydrogen-bond donors (Lipinski definition) is 0. The Kier molecular flexibility index (Phi) is 8.03. The first-order chi connectivity index (χ1) is 18.9. The summed E-state index contributed by atoms with van der Waals surface area (Å²) in [6.07, 6.45) is 0. The van der Waals surface area contributed by atoms with Gasteiger partial charge < -0.3 is 18.8 Å². The molecule has 3 aromatic carbocycles. The predicted octanol–water partition coefficient (Wildman–Crippen LogP) is 6.15. The van der Waals surface area contributed by atoms with E-state index in [0.717, 1.165) is 31.1 Å². The van der Waals surface area contributed by atoms with E-state index in [1.165, 1.54) is 16.7 Å². The minimum atomic E-state index is -0.101. The molecule has 0 N–H and O–H groups in total. The molecule has 202 valence electrons. The van der Waals surface area contributed by atoms with E-state index in [-0.39, 0.29) is 17.9 Å². The molecule has 5 rings (SSSR count). The van der Waals surface area contributed by atoms with Crippen LogP contribution >= 0.6 is 0 Å². The molecule has 6 nitrogen and oxygen atoms in total.